The van der Waals surface area contributed by atoms with E-state index in [1.807, 2.05) is 12.1 Å². The molecule has 0 amide bonds. The van der Waals surface area contributed by atoms with E-state index in [2.05, 4.69) is 13.8 Å². The molecule has 0 bridgehead atoms. The molecule has 0 N–H and O–H groups in total. The average Bonchev–Trinajstić information content (AvgIpc) is 2.25. The molecule has 2 rings (SSSR count). The SMILES string of the molecule is COc1cc(C)c(C2(C)CCO2)cc1OC. The van der Waals surface area contributed by atoms with Gasteiger partial charge in [-0.25, -0.2) is 0 Å². The summed E-state index contributed by atoms with van der Waals surface area (Å²) in [6.45, 7) is 5.03. The van der Waals surface area contributed by atoms with Crippen LogP contribution in [0.4, 0.5) is 0 Å². The molecule has 0 radical (unpaired) electrons. The molecule has 1 fully saturated rings. The quantitative estimate of drug-likeness (QED) is 0.787. The first kappa shape index (κ1) is 11.3. The maximum absolute atomic E-state index is 5.66. The molecule has 1 aliphatic rings. The summed E-state index contributed by atoms with van der Waals surface area (Å²) < 4.78 is 16.2. The number of aryl methyl sites for hydroxylation is 1. The summed E-state index contributed by atoms with van der Waals surface area (Å²) in [5.74, 6) is 1.53. The van der Waals surface area contributed by atoms with Gasteiger partial charge >= 0.3 is 0 Å². The molecule has 3 heteroatoms. The number of hydrogen-bond acceptors (Lipinski definition) is 3. The lowest BCUT2D eigenvalue weighted by Crippen LogP contribution is -2.38. The Kier molecular flexibility index (Phi) is 2.80. The van der Waals surface area contributed by atoms with Crippen molar-refractivity contribution < 1.29 is 14.2 Å². The molecular weight excluding hydrogens is 204 g/mol. The van der Waals surface area contributed by atoms with Crippen molar-refractivity contribution >= 4 is 0 Å². The topological polar surface area (TPSA) is 27.7 Å². The molecule has 1 aromatic rings. The monoisotopic (exact) mass is 222 g/mol. The molecule has 1 saturated heterocycles. The largest absolute Gasteiger partial charge is 0.493 e. The maximum Gasteiger partial charge on any atom is 0.161 e. The van der Waals surface area contributed by atoms with Crippen LogP contribution in [0.5, 0.6) is 11.5 Å². The molecule has 0 aromatic heterocycles. The molecule has 88 valence electrons. The van der Waals surface area contributed by atoms with Gasteiger partial charge in [-0.1, -0.05) is 0 Å². The third kappa shape index (κ3) is 1.65. The number of hydrogen-bond donors (Lipinski definition) is 0. The summed E-state index contributed by atoms with van der Waals surface area (Å²) in [5.41, 5.74) is 2.22. The van der Waals surface area contributed by atoms with E-state index >= 15 is 0 Å². The van der Waals surface area contributed by atoms with Gasteiger partial charge in [0.1, 0.15) is 0 Å². The Bertz CT molecular complexity index is 394. The normalized spacial score (nSPS) is 23.8. The Morgan fingerprint density at radius 2 is 1.75 bits per heavy atom. The fraction of sp³-hybridized carbons (Fsp3) is 0.538. The van der Waals surface area contributed by atoms with Gasteiger partial charge in [-0.15, -0.1) is 0 Å². The molecule has 1 aromatic carbocycles. The van der Waals surface area contributed by atoms with Crippen molar-refractivity contribution in [2.75, 3.05) is 20.8 Å². The first-order valence-electron chi connectivity index (χ1n) is 5.48. The van der Waals surface area contributed by atoms with Gasteiger partial charge in [0.2, 0.25) is 0 Å². The minimum Gasteiger partial charge on any atom is -0.493 e. The van der Waals surface area contributed by atoms with E-state index in [4.69, 9.17) is 14.2 Å². The van der Waals surface area contributed by atoms with Crippen molar-refractivity contribution in [3.63, 3.8) is 0 Å². The van der Waals surface area contributed by atoms with Crippen LogP contribution in [0.15, 0.2) is 12.1 Å². The highest BCUT2D eigenvalue weighted by Gasteiger charge is 2.36. The van der Waals surface area contributed by atoms with Crippen molar-refractivity contribution in [2.24, 2.45) is 0 Å². The van der Waals surface area contributed by atoms with E-state index in [-0.39, 0.29) is 5.60 Å². The molecule has 16 heavy (non-hydrogen) atoms. The molecule has 3 nitrogen and oxygen atoms in total. The summed E-state index contributed by atoms with van der Waals surface area (Å²) in [5, 5.41) is 0. The van der Waals surface area contributed by atoms with Crippen molar-refractivity contribution in [2.45, 2.75) is 25.9 Å². The molecule has 0 spiro atoms. The van der Waals surface area contributed by atoms with Crippen LogP contribution in [0.1, 0.15) is 24.5 Å². The molecule has 1 unspecified atom stereocenters. The predicted octanol–water partition coefficient (Wildman–Crippen LogP) is 2.65. The van der Waals surface area contributed by atoms with E-state index in [0.29, 0.717) is 0 Å². The smallest absolute Gasteiger partial charge is 0.161 e. The lowest BCUT2D eigenvalue weighted by atomic mass is 9.85. The summed E-state index contributed by atoms with van der Waals surface area (Å²) in [6, 6.07) is 4.02. The Labute approximate surface area is 96.3 Å². The number of rotatable bonds is 3. The lowest BCUT2D eigenvalue weighted by Gasteiger charge is -2.40. The Balaban J connectivity index is 2.46. The minimum atomic E-state index is -0.149. The van der Waals surface area contributed by atoms with Gasteiger partial charge in [-0.3, -0.25) is 0 Å². The number of ether oxygens (including phenoxy) is 3. The average molecular weight is 222 g/mol. The van der Waals surface area contributed by atoms with Gasteiger partial charge in [0, 0.05) is 6.42 Å². The second-order valence-electron chi connectivity index (χ2n) is 4.35. The molecule has 0 saturated carbocycles. The van der Waals surface area contributed by atoms with Gasteiger partial charge in [0.15, 0.2) is 11.5 Å². The van der Waals surface area contributed by atoms with Gasteiger partial charge in [0.05, 0.1) is 26.4 Å². The van der Waals surface area contributed by atoms with Gasteiger partial charge in [-0.2, -0.15) is 0 Å². The van der Waals surface area contributed by atoms with E-state index in [1.165, 1.54) is 11.1 Å². The number of benzene rings is 1. The first-order valence-corrected chi connectivity index (χ1v) is 5.48. The van der Waals surface area contributed by atoms with E-state index in [9.17, 15) is 0 Å². The van der Waals surface area contributed by atoms with Gasteiger partial charge in [-0.05, 0) is 37.1 Å². The highest BCUT2D eigenvalue weighted by Crippen LogP contribution is 2.42. The van der Waals surface area contributed by atoms with Gasteiger partial charge in [0.25, 0.3) is 0 Å². The van der Waals surface area contributed by atoms with Crippen LogP contribution < -0.4 is 9.47 Å². The van der Waals surface area contributed by atoms with Crippen LogP contribution in [-0.4, -0.2) is 20.8 Å². The third-order valence-electron chi connectivity index (χ3n) is 3.30. The Morgan fingerprint density at radius 1 is 1.19 bits per heavy atom. The predicted molar refractivity (Wildman–Crippen MR) is 62.2 cm³/mol. The number of methoxy groups -OCH3 is 2. The van der Waals surface area contributed by atoms with E-state index in [0.717, 1.165) is 24.5 Å². The molecule has 1 aliphatic heterocycles. The zero-order valence-corrected chi connectivity index (χ0v) is 10.3. The lowest BCUT2D eigenvalue weighted by molar-refractivity contribution is -0.141. The summed E-state index contributed by atoms with van der Waals surface area (Å²) in [4.78, 5) is 0. The van der Waals surface area contributed by atoms with E-state index in [1.54, 1.807) is 14.2 Å². The molecular formula is C13H18O3. The Hall–Kier alpha value is -1.22. The summed E-state index contributed by atoms with van der Waals surface area (Å²) in [7, 11) is 3.31. The van der Waals surface area contributed by atoms with Gasteiger partial charge < -0.3 is 14.2 Å². The van der Waals surface area contributed by atoms with Crippen LogP contribution in [0.2, 0.25) is 0 Å². The van der Waals surface area contributed by atoms with Crippen LogP contribution in [0.3, 0.4) is 0 Å². The highest BCUT2D eigenvalue weighted by molar-refractivity contribution is 5.49. The fourth-order valence-corrected chi connectivity index (χ4v) is 2.17. The Morgan fingerprint density at radius 3 is 2.19 bits per heavy atom. The van der Waals surface area contributed by atoms with Crippen LogP contribution in [0.25, 0.3) is 0 Å². The minimum absolute atomic E-state index is 0.149. The third-order valence-corrected chi connectivity index (χ3v) is 3.30. The molecule has 1 heterocycles. The van der Waals surface area contributed by atoms with E-state index < -0.39 is 0 Å². The van der Waals surface area contributed by atoms with Crippen molar-refractivity contribution in [3.05, 3.63) is 23.3 Å². The second kappa shape index (κ2) is 3.98. The summed E-state index contributed by atoms with van der Waals surface area (Å²) in [6.07, 6.45) is 1.06. The van der Waals surface area contributed by atoms with Crippen molar-refractivity contribution in [1.82, 2.24) is 0 Å². The van der Waals surface area contributed by atoms with Crippen LogP contribution in [0, 0.1) is 6.92 Å². The standard InChI is InChI=1S/C13H18O3/c1-9-7-11(14-3)12(15-4)8-10(9)13(2)5-6-16-13/h7-8H,5-6H2,1-4H3. The second-order valence-corrected chi connectivity index (χ2v) is 4.35. The maximum atomic E-state index is 5.66. The highest BCUT2D eigenvalue weighted by atomic mass is 16.5. The zero-order chi connectivity index (χ0) is 11.8. The fourth-order valence-electron chi connectivity index (χ4n) is 2.17. The first-order chi connectivity index (χ1) is 7.60. The molecule has 1 atom stereocenters. The van der Waals surface area contributed by atoms with Crippen LogP contribution in [-0.2, 0) is 10.3 Å². The van der Waals surface area contributed by atoms with Crippen LogP contribution >= 0.6 is 0 Å². The zero-order valence-electron chi connectivity index (χ0n) is 10.3. The van der Waals surface area contributed by atoms with Crippen molar-refractivity contribution in [1.29, 1.82) is 0 Å². The van der Waals surface area contributed by atoms with Crippen molar-refractivity contribution in [3.8, 4) is 11.5 Å². The summed E-state index contributed by atoms with van der Waals surface area (Å²) >= 11 is 0. The molecule has 0 aliphatic carbocycles.